The van der Waals surface area contributed by atoms with Gasteiger partial charge in [0.2, 0.25) is 5.95 Å². The van der Waals surface area contributed by atoms with Crippen LogP contribution in [0.25, 0.3) is 5.82 Å². The lowest BCUT2D eigenvalue weighted by atomic mass is 10.2. The van der Waals surface area contributed by atoms with Crippen molar-refractivity contribution in [2.24, 2.45) is 0 Å². The first-order chi connectivity index (χ1) is 15.0. The van der Waals surface area contributed by atoms with E-state index in [9.17, 15) is 9.59 Å². The van der Waals surface area contributed by atoms with E-state index >= 15 is 0 Å². The number of benzene rings is 2. The van der Waals surface area contributed by atoms with Crippen molar-refractivity contribution in [3.63, 3.8) is 0 Å². The van der Waals surface area contributed by atoms with Crippen molar-refractivity contribution in [2.45, 2.75) is 13.8 Å². The highest BCUT2D eigenvalue weighted by molar-refractivity contribution is 6.05. The Balaban J connectivity index is 1.69. The van der Waals surface area contributed by atoms with Crippen LogP contribution in [0.1, 0.15) is 32.1 Å². The summed E-state index contributed by atoms with van der Waals surface area (Å²) in [6.07, 6.45) is 0. The van der Waals surface area contributed by atoms with Crippen LogP contribution in [0.15, 0.2) is 72.8 Å². The Morgan fingerprint density at radius 2 is 1.35 bits per heavy atom. The van der Waals surface area contributed by atoms with Crippen LogP contribution in [-0.4, -0.2) is 31.6 Å². The lowest BCUT2D eigenvalue weighted by molar-refractivity contribution is 0.101. The Morgan fingerprint density at radius 1 is 0.774 bits per heavy atom. The molecule has 8 heteroatoms. The molecule has 2 amide bonds. The predicted molar refractivity (Wildman–Crippen MR) is 117 cm³/mol. The molecule has 4 aromatic rings. The number of nitrogens with zero attached hydrogens (tertiary/aromatic N) is 4. The highest BCUT2D eigenvalue weighted by Crippen LogP contribution is 2.17. The van der Waals surface area contributed by atoms with Crippen molar-refractivity contribution >= 4 is 23.6 Å². The van der Waals surface area contributed by atoms with Gasteiger partial charge in [-0.1, -0.05) is 36.4 Å². The summed E-state index contributed by atoms with van der Waals surface area (Å²) in [4.78, 5) is 33.9. The number of nitrogens with one attached hydrogen (secondary N) is 2. The third-order valence-electron chi connectivity index (χ3n) is 4.48. The standard InChI is InChI=1S/C23H20N6O2/c1-15-13-16(2)29(28-15)20-14-19(24-21(30)17-9-5-3-6-10-17)25-23(26-20)27-22(31)18-11-7-4-8-12-18/h3-14H,1-2H3,(H2,24,25,26,27,30,31). The maximum atomic E-state index is 12.6. The molecule has 8 nitrogen and oxygen atoms in total. The fourth-order valence-electron chi connectivity index (χ4n) is 3.06. The molecule has 2 heterocycles. The molecule has 0 bridgehead atoms. The van der Waals surface area contributed by atoms with Gasteiger partial charge in [0.05, 0.1) is 5.69 Å². The maximum absolute atomic E-state index is 12.6. The van der Waals surface area contributed by atoms with Crippen molar-refractivity contribution in [2.75, 3.05) is 10.6 Å². The monoisotopic (exact) mass is 412 g/mol. The van der Waals surface area contributed by atoms with E-state index in [1.165, 1.54) is 0 Å². The zero-order valence-corrected chi connectivity index (χ0v) is 17.0. The molecule has 0 atom stereocenters. The molecule has 0 aliphatic heterocycles. The van der Waals surface area contributed by atoms with Crippen LogP contribution in [0, 0.1) is 13.8 Å². The second-order valence-corrected chi connectivity index (χ2v) is 6.91. The number of rotatable bonds is 5. The number of anilines is 2. The Kier molecular flexibility index (Phi) is 5.53. The van der Waals surface area contributed by atoms with Gasteiger partial charge in [0.1, 0.15) is 5.82 Å². The smallest absolute Gasteiger partial charge is 0.258 e. The zero-order valence-electron chi connectivity index (χ0n) is 17.0. The minimum absolute atomic E-state index is 0.0577. The molecule has 31 heavy (non-hydrogen) atoms. The molecule has 0 aliphatic rings. The van der Waals surface area contributed by atoms with Gasteiger partial charge in [-0.3, -0.25) is 14.9 Å². The van der Waals surface area contributed by atoms with E-state index in [0.29, 0.717) is 16.9 Å². The van der Waals surface area contributed by atoms with Gasteiger partial charge in [-0.05, 0) is 44.2 Å². The predicted octanol–water partition coefficient (Wildman–Crippen LogP) is 3.78. The number of aryl methyl sites for hydroxylation is 2. The number of carbonyl (C=O) groups is 2. The summed E-state index contributed by atoms with van der Waals surface area (Å²) in [5.41, 5.74) is 2.64. The SMILES string of the molecule is Cc1cc(C)n(-c2cc(NC(=O)c3ccccc3)nc(NC(=O)c3ccccc3)n2)n1. The van der Waals surface area contributed by atoms with Crippen molar-refractivity contribution < 1.29 is 9.59 Å². The van der Waals surface area contributed by atoms with Crippen molar-refractivity contribution in [3.05, 3.63) is 95.3 Å². The molecule has 2 aromatic heterocycles. The molecule has 0 aliphatic carbocycles. The van der Waals surface area contributed by atoms with E-state index in [1.807, 2.05) is 32.0 Å². The van der Waals surface area contributed by atoms with Crippen molar-refractivity contribution in [1.29, 1.82) is 0 Å². The molecule has 0 spiro atoms. The molecule has 0 radical (unpaired) electrons. The maximum Gasteiger partial charge on any atom is 0.258 e. The van der Waals surface area contributed by atoms with Crippen molar-refractivity contribution in [1.82, 2.24) is 19.7 Å². The topological polar surface area (TPSA) is 102 Å². The van der Waals surface area contributed by atoms with Gasteiger partial charge in [-0.15, -0.1) is 0 Å². The average Bonchev–Trinajstić information content (AvgIpc) is 3.12. The Hall–Kier alpha value is -4.33. The molecule has 0 unspecified atom stereocenters. The van der Waals surface area contributed by atoms with Crippen LogP contribution in [0.4, 0.5) is 11.8 Å². The Morgan fingerprint density at radius 3 is 1.90 bits per heavy atom. The highest BCUT2D eigenvalue weighted by Gasteiger charge is 2.15. The van der Waals surface area contributed by atoms with Gasteiger partial charge in [0.25, 0.3) is 11.8 Å². The highest BCUT2D eigenvalue weighted by atomic mass is 16.2. The number of carbonyl (C=O) groups excluding carboxylic acids is 2. The van der Waals surface area contributed by atoms with E-state index in [4.69, 9.17) is 0 Å². The molecule has 2 N–H and O–H groups in total. The molecule has 4 rings (SSSR count). The molecular formula is C23H20N6O2. The van der Waals surface area contributed by atoms with Crippen LogP contribution in [0.2, 0.25) is 0 Å². The van der Waals surface area contributed by atoms with E-state index in [0.717, 1.165) is 11.4 Å². The molecule has 0 saturated heterocycles. The second-order valence-electron chi connectivity index (χ2n) is 6.91. The normalized spacial score (nSPS) is 10.5. The van der Waals surface area contributed by atoms with E-state index in [2.05, 4.69) is 25.7 Å². The molecular weight excluding hydrogens is 392 g/mol. The summed E-state index contributed by atoms with van der Waals surface area (Å²) in [6, 6.07) is 21.1. The summed E-state index contributed by atoms with van der Waals surface area (Å²) in [5, 5.41) is 9.90. The van der Waals surface area contributed by atoms with E-state index in [1.54, 1.807) is 59.3 Å². The number of hydrogen-bond donors (Lipinski definition) is 2. The van der Waals surface area contributed by atoms with Gasteiger partial charge in [-0.25, -0.2) is 4.68 Å². The summed E-state index contributed by atoms with van der Waals surface area (Å²) >= 11 is 0. The fraction of sp³-hybridized carbons (Fsp3) is 0.0870. The van der Waals surface area contributed by atoms with Gasteiger partial charge in [-0.2, -0.15) is 15.1 Å². The van der Waals surface area contributed by atoms with E-state index < -0.39 is 0 Å². The average molecular weight is 412 g/mol. The third kappa shape index (κ3) is 4.64. The third-order valence-corrected chi connectivity index (χ3v) is 4.48. The first-order valence-corrected chi connectivity index (χ1v) is 9.65. The molecule has 0 saturated carbocycles. The Bertz CT molecular complexity index is 1160. The summed E-state index contributed by atoms with van der Waals surface area (Å²) in [6.45, 7) is 3.77. The number of aromatic nitrogens is 4. The summed E-state index contributed by atoms with van der Waals surface area (Å²) in [5.74, 6) is 0.0507. The largest absolute Gasteiger partial charge is 0.306 e. The molecule has 0 fully saturated rings. The van der Waals surface area contributed by atoms with Crippen LogP contribution in [-0.2, 0) is 0 Å². The lowest BCUT2D eigenvalue weighted by Crippen LogP contribution is -2.18. The van der Waals surface area contributed by atoms with Gasteiger partial charge in [0, 0.05) is 22.9 Å². The summed E-state index contributed by atoms with van der Waals surface area (Å²) in [7, 11) is 0. The first-order valence-electron chi connectivity index (χ1n) is 9.65. The van der Waals surface area contributed by atoms with Crippen LogP contribution in [0.5, 0.6) is 0 Å². The number of hydrogen-bond acceptors (Lipinski definition) is 5. The van der Waals surface area contributed by atoms with E-state index in [-0.39, 0.29) is 23.6 Å². The van der Waals surface area contributed by atoms with Crippen molar-refractivity contribution in [3.8, 4) is 5.82 Å². The van der Waals surface area contributed by atoms with Gasteiger partial charge >= 0.3 is 0 Å². The van der Waals surface area contributed by atoms with Crippen LogP contribution < -0.4 is 10.6 Å². The number of amides is 2. The molecule has 2 aromatic carbocycles. The quantitative estimate of drug-likeness (QED) is 0.519. The fourth-order valence-corrected chi connectivity index (χ4v) is 3.06. The second kappa shape index (κ2) is 8.58. The van der Waals surface area contributed by atoms with Crippen LogP contribution in [0.3, 0.4) is 0 Å². The first kappa shape index (κ1) is 20.0. The summed E-state index contributed by atoms with van der Waals surface area (Å²) < 4.78 is 1.63. The van der Waals surface area contributed by atoms with Gasteiger partial charge < -0.3 is 5.32 Å². The zero-order chi connectivity index (χ0) is 21.8. The molecule has 154 valence electrons. The Labute approximate surface area is 179 Å². The lowest BCUT2D eigenvalue weighted by Gasteiger charge is -2.11. The minimum Gasteiger partial charge on any atom is -0.306 e. The minimum atomic E-state index is -0.355. The van der Waals surface area contributed by atoms with Gasteiger partial charge in [0.15, 0.2) is 5.82 Å². The van der Waals surface area contributed by atoms with Crippen LogP contribution >= 0.6 is 0 Å².